The number of nitrogens with zero attached hydrogens (tertiary/aromatic N) is 2. The van der Waals surface area contributed by atoms with E-state index >= 15 is 0 Å². The number of amides is 1. The highest BCUT2D eigenvalue weighted by Crippen LogP contribution is 2.28. The number of hydrogen-bond donors (Lipinski definition) is 1. The molecule has 6 nitrogen and oxygen atoms in total. The van der Waals surface area contributed by atoms with E-state index in [9.17, 15) is 4.79 Å². The van der Waals surface area contributed by atoms with E-state index in [1.165, 1.54) is 0 Å². The number of benzene rings is 1. The Morgan fingerprint density at radius 3 is 2.88 bits per heavy atom. The Bertz CT molecular complexity index is 728. The molecule has 1 unspecified atom stereocenters. The zero-order chi connectivity index (χ0) is 18.4. The van der Waals surface area contributed by atoms with Crippen molar-refractivity contribution in [2.24, 2.45) is 0 Å². The molecule has 0 spiro atoms. The SMILES string of the molecule is CC(CNC(=O)CCc1ncc(-c2ccccc2Cl)o1)N1CCOCC1. The van der Waals surface area contributed by atoms with Crippen LogP contribution in [0.2, 0.25) is 5.02 Å². The molecule has 1 atom stereocenters. The van der Waals surface area contributed by atoms with Crippen LogP contribution in [0.25, 0.3) is 11.3 Å². The van der Waals surface area contributed by atoms with Crippen molar-refractivity contribution < 1.29 is 13.9 Å². The number of oxazole rings is 1. The standard InChI is InChI=1S/C19H24ClN3O3/c1-14(23-8-10-25-11-9-23)12-21-18(24)6-7-19-22-13-17(26-19)15-4-2-3-5-16(15)20/h2-5,13-14H,6-12H2,1H3,(H,21,24). The lowest BCUT2D eigenvalue weighted by Gasteiger charge is -2.32. The summed E-state index contributed by atoms with van der Waals surface area (Å²) < 4.78 is 11.1. The summed E-state index contributed by atoms with van der Waals surface area (Å²) in [6.45, 7) is 6.10. The largest absolute Gasteiger partial charge is 0.441 e. The summed E-state index contributed by atoms with van der Waals surface area (Å²) in [5, 5.41) is 3.60. The maximum absolute atomic E-state index is 12.1. The molecule has 7 heteroatoms. The molecule has 0 aliphatic carbocycles. The van der Waals surface area contributed by atoms with Gasteiger partial charge in [-0.15, -0.1) is 0 Å². The smallest absolute Gasteiger partial charge is 0.220 e. The average molecular weight is 378 g/mol. The molecule has 26 heavy (non-hydrogen) atoms. The first-order chi connectivity index (χ1) is 12.6. The molecule has 0 bridgehead atoms. The summed E-state index contributed by atoms with van der Waals surface area (Å²) in [7, 11) is 0. The van der Waals surface area contributed by atoms with Crippen LogP contribution < -0.4 is 5.32 Å². The number of morpholine rings is 1. The Hall–Kier alpha value is -1.89. The lowest BCUT2D eigenvalue weighted by atomic mass is 10.2. The highest BCUT2D eigenvalue weighted by atomic mass is 35.5. The molecule has 2 heterocycles. The van der Waals surface area contributed by atoms with Gasteiger partial charge >= 0.3 is 0 Å². The van der Waals surface area contributed by atoms with Crippen LogP contribution in [-0.2, 0) is 16.0 Å². The van der Waals surface area contributed by atoms with Crippen LogP contribution >= 0.6 is 11.6 Å². The summed E-state index contributed by atoms with van der Waals surface area (Å²) >= 11 is 6.17. The van der Waals surface area contributed by atoms with Crippen molar-refractivity contribution >= 4 is 17.5 Å². The number of nitrogens with one attached hydrogen (secondary N) is 1. The number of aryl methyl sites for hydroxylation is 1. The predicted molar refractivity (Wildman–Crippen MR) is 100 cm³/mol. The molecule has 2 aromatic rings. The third-order valence-electron chi connectivity index (χ3n) is 4.52. The molecule has 1 aliphatic heterocycles. The van der Waals surface area contributed by atoms with Gasteiger partial charge in [0.2, 0.25) is 5.91 Å². The Labute approximate surface area is 158 Å². The van der Waals surface area contributed by atoms with Crippen molar-refractivity contribution in [3.8, 4) is 11.3 Å². The van der Waals surface area contributed by atoms with Gasteiger partial charge in [0.05, 0.1) is 24.4 Å². The van der Waals surface area contributed by atoms with E-state index in [1.807, 2.05) is 24.3 Å². The molecule has 0 radical (unpaired) electrons. The number of carbonyl (C=O) groups is 1. The van der Waals surface area contributed by atoms with E-state index in [0.717, 1.165) is 31.9 Å². The summed E-state index contributed by atoms with van der Waals surface area (Å²) in [4.78, 5) is 18.7. The summed E-state index contributed by atoms with van der Waals surface area (Å²) in [6, 6.07) is 7.75. The third kappa shape index (κ3) is 5.06. The van der Waals surface area contributed by atoms with Crippen LogP contribution in [0.5, 0.6) is 0 Å². The minimum absolute atomic E-state index is 0.00241. The second kappa shape index (κ2) is 9.16. The number of rotatable bonds is 7. The van der Waals surface area contributed by atoms with E-state index in [1.54, 1.807) is 6.20 Å². The Kier molecular flexibility index (Phi) is 6.66. The van der Waals surface area contributed by atoms with Gasteiger partial charge in [0.15, 0.2) is 11.7 Å². The number of carbonyl (C=O) groups excluding carboxylic acids is 1. The molecule has 1 fully saturated rings. The number of ether oxygens (including phenoxy) is 1. The molecule has 1 N–H and O–H groups in total. The van der Waals surface area contributed by atoms with Gasteiger partial charge in [-0.05, 0) is 19.1 Å². The van der Waals surface area contributed by atoms with Crippen LogP contribution in [0.1, 0.15) is 19.2 Å². The van der Waals surface area contributed by atoms with Crippen LogP contribution in [0.15, 0.2) is 34.9 Å². The lowest BCUT2D eigenvalue weighted by molar-refractivity contribution is -0.121. The molecule has 0 saturated carbocycles. The first kappa shape index (κ1) is 18.9. The topological polar surface area (TPSA) is 67.6 Å². The second-order valence-corrected chi connectivity index (χ2v) is 6.81. The van der Waals surface area contributed by atoms with Crippen molar-refractivity contribution in [1.29, 1.82) is 0 Å². The lowest BCUT2D eigenvalue weighted by Crippen LogP contribution is -2.47. The monoisotopic (exact) mass is 377 g/mol. The normalized spacial score (nSPS) is 16.4. The van der Waals surface area contributed by atoms with Crippen molar-refractivity contribution in [3.63, 3.8) is 0 Å². The highest BCUT2D eigenvalue weighted by molar-refractivity contribution is 6.33. The summed E-state index contributed by atoms with van der Waals surface area (Å²) in [5.41, 5.74) is 0.803. The molecule has 1 aromatic heterocycles. The van der Waals surface area contributed by atoms with E-state index in [-0.39, 0.29) is 5.91 Å². The fraction of sp³-hybridized carbons (Fsp3) is 0.474. The van der Waals surface area contributed by atoms with Gasteiger partial charge in [0.1, 0.15) is 0 Å². The van der Waals surface area contributed by atoms with E-state index in [4.69, 9.17) is 20.8 Å². The van der Waals surface area contributed by atoms with Crippen LogP contribution in [0.4, 0.5) is 0 Å². The molecule has 3 rings (SSSR count). The van der Waals surface area contributed by atoms with Crippen molar-refractivity contribution in [1.82, 2.24) is 15.2 Å². The number of aromatic nitrogens is 1. The molecule has 1 amide bonds. The second-order valence-electron chi connectivity index (χ2n) is 6.40. The van der Waals surface area contributed by atoms with E-state index in [0.29, 0.717) is 42.1 Å². The van der Waals surface area contributed by atoms with Crippen LogP contribution in [0.3, 0.4) is 0 Å². The summed E-state index contributed by atoms with van der Waals surface area (Å²) in [5.74, 6) is 1.16. The van der Waals surface area contributed by atoms with Crippen LogP contribution in [0, 0.1) is 0 Å². The molecule has 1 aliphatic rings. The fourth-order valence-electron chi connectivity index (χ4n) is 2.93. The maximum Gasteiger partial charge on any atom is 0.220 e. The highest BCUT2D eigenvalue weighted by Gasteiger charge is 2.17. The minimum atomic E-state index is 0.00241. The fourth-order valence-corrected chi connectivity index (χ4v) is 3.16. The number of hydrogen-bond acceptors (Lipinski definition) is 5. The first-order valence-corrected chi connectivity index (χ1v) is 9.29. The first-order valence-electron chi connectivity index (χ1n) is 8.91. The zero-order valence-corrected chi connectivity index (χ0v) is 15.7. The molecular formula is C19H24ClN3O3. The predicted octanol–water partition coefficient (Wildman–Crippen LogP) is 2.76. The van der Waals surface area contributed by atoms with Gasteiger partial charge in [0.25, 0.3) is 0 Å². The van der Waals surface area contributed by atoms with E-state index < -0.39 is 0 Å². The Balaban J connectivity index is 1.44. The third-order valence-corrected chi connectivity index (χ3v) is 4.85. The Morgan fingerprint density at radius 1 is 1.35 bits per heavy atom. The van der Waals surface area contributed by atoms with Gasteiger partial charge in [-0.25, -0.2) is 4.98 Å². The maximum atomic E-state index is 12.1. The van der Waals surface area contributed by atoms with Gasteiger partial charge < -0.3 is 14.5 Å². The quantitative estimate of drug-likeness (QED) is 0.803. The van der Waals surface area contributed by atoms with Crippen LogP contribution in [-0.4, -0.2) is 54.7 Å². The van der Waals surface area contributed by atoms with Gasteiger partial charge in [-0.2, -0.15) is 0 Å². The average Bonchev–Trinajstić information content (AvgIpc) is 3.14. The number of halogens is 1. The zero-order valence-electron chi connectivity index (χ0n) is 14.9. The van der Waals surface area contributed by atoms with Crippen molar-refractivity contribution in [2.75, 3.05) is 32.8 Å². The summed E-state index contributed by atoms with van der Waals surface area (Å²) in [6.07, 6.45) is 2.45. The molecular weight excluding hydrogens is 354 g/mol. The van der Waals surface area contributed by atoms with E-state index in [2.05, 4.69) is 22.1 Å². The van der Waals surface area contributed by atoms with Crippen molar-refractivity contribution in [3.05, 3.63) is 41.4 Å². The molecule has 140 valence electrons. The molecule has 1 saturated heterocycles. The van der Waals surface area contributed by atoms with Gasteiger partial charge in [0, 0.05) is 44.1 Å². The van der Waals surface area contributed by atoms with Crippen molar-refractivity contribution in [2.45, 2.75) is 25.8 Å². The van der Waals surface area contributed by atoms with Gasteiger partial charge in [-0.1, -0.05) is 23.7 Å². The Morgan fingerprint density at radius 2 is 2.12 bits per heavy atom. The molecule has 1 aromatic carbocycles. The van der Waals surface area contributed by atoms with Gasteiger partial charge in [-0.3, -0.25) is 9.69 Å². The minimum Gasteiger partial charge on any atom is -0.441 e.